The lowest BCUT2D eigenvalue weighted by Gasteiger charge is -2.09. The number of anilines is 2. The van der Waals surface area contributed by atoms with Gasteiger partial charge < -0.3 is 10.6 Å². The molecule has 0 aliphatic carbocycles. The van der Waals surface area contributed by atoms with Crippen molar-refractivity contribution in [1.29, 1.82) is 0 Å². The van der Waals surface area contributed by atoms with Crippen LogP contribution in [-0.4, -0.2) is 15.9 Å². The molecule has 1 aromatic heterocycles. The van der Waals surface area contributed by atoms with Gasteiger partial charge in [-0.2, -0.15) is 0 Å². The van der Waals surface area contributed by atoms with E-state index in [4.69, 9.17) is 0 Å². The summed E-state index contributed by atoms with van der Waals surface area (Å²) in [6.07, 6.45) is 1.55. The average Bonchev–Trinajstić information content (AvgIpc) is 2.79. The molecule has 4 rings (SSSR count). The third kappa shape index (κ3) is 5.34. The van der Waals surface area contributed by atoms with E-state index in [1.54, 1.807) is 18.5 Å². The number of nitrogens with zero attached hydrogens (tertiary/aromatic N) is 2. The van der Waals surface area contributed by atoms with E-state index in [0.717, 1.165) is 22.5 Å². The Hall–Kier alpha value is -3.99. The summed E-state index contributed by atoms with van der Waals surface area (Å²) >= 11 is 0. The predicted molar refractivity (Wildman–Crippen MR) is 124 cm³/mol. The van der Waals surface area contributed by atoms with Gasteiger partial charge in [0.05, 0.1) is 5.69 Å². The number of amides is 1. The van der Waals surface area contributed by atoms with Gasteiger partial charge in [-0.3, -0.25) is 4.79 Å². The maximum atomic E-state index is 12.4. The summed E-state index contributed by atoms with van der Waals surface area (Å²) in [5, 5.41) is 6.23. The highest BCUT2D eigenvalue weighted by Crippen LogP contribution is 2.22. The van der Waals surface area contributed by atoms with Gasteiger partial charge in [0.1, 0.15) is 12.1 Å². The van der Waals surface area contributed by atoms with E-state index in [1.807, 2.05) is 61.5 Å². The Morgan fingerprint density at radius 2 is 1.61 bits per heavy atom. The molecule has 0 bridgehead atoms. The van der Waals surface area contributed by atoms with Crippen molar-refractivity contribution in [3.8, 4) is 11.3 Å². The highest BCUT2D eigenvalue weighted by Gasteiger charge is 2.07. The molecule has 2 N–H and O–H groups in total. The van der Waals surface area contributed by atoms with Gasteiger partial charge in [-0.25, -0.2) is 9.97 Å². The van der Waals surface area contributed by atoms with Crippen LogP contribution >= 0.6 is 0 Å². The third-order valence-electron chi connectivity index (χ3n) is 4.97. The van der Waals surface area contributed by atoms with E-state index in [9.17, 15) is 4.79 Å². The van der Waals surface area contributed by atoms with Crippen LogP contribution in [0.15, 0.2) is 85.2 Å². The van der Waals surface area contributed by atoms with Crippen LogP contribution in [0, 0.1) is 13.8 Å². The van der Waals surface area contributed by atoms with Crippen LogP contribution in [0.3, 0.4) is 0 Å². The maximum Gasteiger partial charge on any atom is 0.251 e. The number of carbonyl (C=O) groups is 1. The molecule has 0 saturated carbocycles. The van der Waals surface area contributed by atoms with E-state index in [0.29, 0.717) is 17.9 Å². The molecule has 0 saturated heterocycles. The normalized spacial score (nSPS) is 10.5. The van der Waals surface area contributed by atoms with Crippen molar-refractivity contribution in [3.63, 3.8) is 0 Å². The average molecular weight is 409 g/mol. The quantitative estimate of drug-likeness (QED) is 0.446. The van der Waals surface area contributed by atoms with Gasteiger partial charge in [0.15, 0.2) is 0 Å². The molecule has 0 atom stereocenters. The first-order valence-corrected chi connectivity index (χ1v) is 10.2. The summed E-state index contributed by atoms with van der Waals surface area (Å²) < 4.78 is 0. The van der Waals surface area contributed by atoms with E-state index >= 15 is 0 Å². The molecule has 1 amide bonds. The van der Waals surface area contributed by atoms with Crippen LogP contribution in [-0.2, 0) is 6.54 Å². The summed E-state index contributed by atoms with van der Waals surface area (Å²) in [6.45, 7) is 4.60. The SMILES string of the molecule is Cc1ccc(CNC(=O)c2ccc(Nc3cc(-c4cccc(C)c4)ncn3)cc2)cc1. The molecule has 31 heavy (non-hydrogen) atoms. The monoisotopic (exact) mass is 408 g/mol. The van der Waals surface area contributed by atoms with Crippen molar-refractivity contribution in [1.82, 2.24) is 15.3 Å². The fourth-order valence-electron chi connectivity index (χ4n) is 3.23. The lowest BCUT2D eigenvalue weighted by atomic mass is 10.1. The number of rotatable bonds is 6. The Bertz CT molecular complexity index is 1180. The second-order valence-electron chi connectivity index (χ2n) is 7.53. The summed E-state index contributed by atoms with van der Waals surface area (Å²) in [5.74, 6) is 0.596. The minimum Gasteiger partial charge on any atom is -0.348 e. The van der Waals surface area contributed by atoms with E-state index < -0.39 is 0 Å². The first-order valence-electron chi connectivity index (χ1n) is 10.2. The molecule has 0 spiro atoms. The predicted octanol–water partition coefficient (Wildman–Crippen LogP) is 5.43. The lowest BCUT2D eigenvalue weighted by Crippen LogP contribution is -2.22. The van der Waals surface area contributed by atoms with Crippen molar-refractivity contribution in [2.45, 2.75) is 20.4 Å². The smallest absolute Gasteiger partial charge is 0.251 e. The topological polar surface area (TPSA) is 66.9 Å². The Kier molecular flexibility index (Phi) is 6.03. The minimum absolute atomic E-state index is 0.101. The third-order valence-corrected chi connectivity index (χ3v) is 4.97. The van der Waals surface area contributed by atoms with E-state index in [2.05, 4.69) is 39.7 Å². The second kappa shape index (κ2) is 9.22. The van der Waals surface area contributed by atoms with Crippen LogP contribution < -0.4 is 10.6 Å². The molecule has 5 nitrogen and oxygen atoms in total. The van der Waals surface area contributed by atoms with Gasteiger partial charge in [-0.1, -0.05) is 53.6 Å². The molecule has 1 heterocycles. The van der Waals surface area contributed by atoms with Crippen molar-refractivity contribution in [3.05, 3.63) is 107 Å². The Morgan fingerprint density at radius 1 is 0.839 bits per heavy atom. The Balaban J connectivity index is 1.40. The molecule has 0 aliphatic heterocycles. The standard InChI is InChI=1S/C26H24N4O/c1-18-6-8-20(9-7-18)16-27-26(31)21-10-12-23(13-11-21)30-25-15-24(28-17-29-25)22-5-3-4-19(2)14-22/h3-15,17H,16H2,1-2H3,(H,27,31)(H,28,29,30). The fourth-order valence-corrected chi connectivity index (χ4v) is 3.23. The van der Waals surface area contributed by atoms with Gasteiger partial charge in [0, 0.05) is 29.4 Å². The maximum absolute atomic E-state index is 12.4. The van der Waals surface area contributed by atoms with Gasteiger partial charge in [-0.05, 0) is 49.7 Å². The van der Waals surface area contributed by atoms with Crippen LogP contribution in [0.5, 0.6) is 0 Å². The zero-order valence-corrected chi connectivity index (χ0v) is 17.6. The van der Waals surface area contributed by atoms with Gasteiger partial charge in [0.2, 0.25) is 0 Å². The first kappa shape index (κ1) is 20.3. The highest BCUT2D eigenvalue weighted by molar-refractivity contribution is 5.94. The summed E-state index contributed by atoms with van der Waals surface area (Å²) in [7, 11) is 0. The minimum atomic E-state index is -0.101. The molecule has 0 fully saturated rings. The van der Waals surface area contributed by atoms with Crippen molar-refractivity contribution in [2.75, 3.05) is 5.32 Å². The van der Waals surface area contributed by atoms with Crippen LogP contribution in [0.1, 0.15) is 27.0 Å². The zero-order chi connectivity index (χ0) is 21.6. The summed E-state index contributed by atoms with van der Waals surface area (Å²) in [4.78, 5) is 21.1. The number of nitrogens with one attached hydrogen (secondary N) is 2. The second-order valence-corrected chi connectivity index (χ2v) is 7.53. The molecular weight excluding hydrogens is 384 g/mol. The van der Waals surface area contributed by atoms with Crippen molar-refractivity contribution in [2.24, 2.45) is 0 Å². The number of hydrogen-bond donors (Lipinski definition) is 2. The van der Waals surface area contributed by atoms with Gasteiger partial charge in [0.25, 0.3) is 5.91 Å². The van der Waals surface area contributed by atoms with Crippen molar-refractivity contribution >= 4 is 17.4 Å². The molecular formula is C26H24N4O. The van der Waals surface area contributed by atoms with E-state index in [1.165, 1.54) is 11.1 Å². The fraction of sp³-hybridized carbons (Fsp3) is 0.115. The van der Waals surface area contributed by atoms with E-state index in [-0.39, 0.29) is 5.91 Å². The van der Waals surface area contributed by atoms with Gasteiger partial charge >= 0.3 is 0 Å². The molecule has 0 radical (unpaired) electrons. The summed E-state index contributed by atoms with van der Waals surface area (Å²) in [5.41, 5.74) is 6.82. The van der Waals surface area contributed by atoms with Crippen LogP contribution in [0.4, 0.5) is 11.5 Å². The lowest BCUT2D eigenvalue weighted by molar-refractivity contribution is 0.0951. The van der Waals surface area contributed by atoms with Crippen molar-refractivity contribution < 1.29 is 4.79 Å². The number of carbonyl (C=O) groups excluding carboxylic acids is 1. The molecule has 4 aromatic rings. The number of aryl methyl sites for hydroxylation is 2. The first-order chi connectivity index (χ1) is 15.1. The molecule has 5 heteroatoms. The Labute approximate surface area is 182 Å². The largest absolute Gasteiger partial charge is 0.348 e. The number of benzene rings is 3. The highest BCUT2D eigenvalue weighted by atomic mass is 16.1. The molecule has 0 aliphatic rings. The zero-order valence-electron chi connectivity index (χ0n) is 17.6. The molecule has 3 aromatic carbocycles. The number of hydrogen-bond acceptors (Lipinski definition) is 4. The summed E-state index contributed by atoms with van der Waals surface area (Å²) in [6, 6.07) is 25.6. The molecule has 0 unspecified atom stereocenters. The van der Waals surface area contributed by atoms with Gasteiger partial charge in [-0.15, -0.1) is 0 Å². The van der Waals surface area contributed by atoms with Crippen LogP contribution in [0.25, 0.3) is 11.3 Å². The van der Waals surface area contributed by atoms with Crippen LogP contribution in [0.2, 0.25) is 0 Å². The Morgan fingerprint density at radius 3 is 2.35 bits per heavy atom. The number of aromatic nitrogens is 2. The molecule has 154 valence electrons.